The minimum absolute atomic E-state index is 1.22. The Morgan fingerprint density at radius 3 is 2.81 bits per heavy atom. The van der Waals surface area contributed by atoms with Crippen LogP contribution in [-0.4, -0.2) is 0 Å². The van der Waals surface area contributed by atoms with Crippen LogP contribution in [0, 0.1) is 0 Å². The van der Waals surface area contributed by atoms with Gasteiger partial charge in [-0.15, -0.1) is 0 Å². The van der Waals surface area contributed by atoms with Crippen molar-refractivity contribution in [1.82, 2.24) is 0 Å². The average Bonchev–Trinajstić information content (AvgIpc) is 2.36. The third-order valence-corrected chi connectivity index (χ3v) is 4.01. The minimum atomic E-state index is 1.22. The van der Waals surface area contributed by atoms with Crippen molar-refractivity contribution < 1.29 is 0 Å². The van der Waals surface area contributed by atoms with Crippen molar-refractivity contribution in [3.63, 3.8) is 0 Å². The highest BCUT2D eigenvalue weighted by atomic mass is 14.2. The van der Waals surface area contributed by atoms with Crippen LogP contribution in [0.25, 0.3) is 16.3 Å². The zero-order valence-corrected chi connectivity index (χ0v) is 9.29. The van der Waals surface area contributed by atoms with E-state index in [0.29, 0.717) is 0 Å². The molecule has 0 aromatic heterocycles. The van der Waals surface area contributed by atoms with Crippen LogP contribution in [0.3, 0.4) is 0 Å². The lowest BCUT2D eigenvalue weighted by Crippen LogP contribution is -2.07. The number of aryl methyl sites for hydroxylation is 2. The van der Waals surface area contributed by atoms with E-state index in [1.165, 1.54) is 36.5 Å². The molecule has 2 aromatic rings. The zero-order valence-electron chi connectivity index (χ0n) is 9.29. The fourth-order valence-corrected chi connectivity index (χ4v) is 3.28. The van der Waals surface area contributed by atoms with Gasteiger partial charge in [0.2, 0.25) is 0 Å². The van der Waals surface area contributed by atoms with Crippen molar-refractivity contribution in [3.8, 4) is 0 Å². The SMILES string of the molecule is C1=C2CCc3cccc4ccc(c2c34)CC1. The number of hydrogen-bond donors (Lipinski definition) is 0. The predicted molar refractivity (Wildman–Crippen MR) is 68.6 cm³/mol. The molecule has 2 aliphatic carbocycles. The summed E-state index contributed by atoms with van der Waals surface area (Å²) in [6, 6.07) is 11.4. The Hall–Kier alpha value is -1.56. The van der Waals surface area contributed by atoms with Crippen LogP contribution in [0.2, 0.25) is 0 Å². The lowest BCUT2D eigenvalue weighted by Gasteiger charge is -2.26. The molecule has 0 nitrogen and oxygen atoms in total. The van der Waals surface area contributed by atoms with Crippen molar-refractivity contribution in [1.29, 1.82) is 0 Å². The molecule has 0 spiro atoms. The number of hydrogen-bond acceptors (Lipinski definition) is 0. The van der Waals surface area contributed by atoms with Gasteiger partial charge in [0.05, 0.1) is 0 Å². The van der Waals surface area contributed by atoms with Gasteiger partial charge in [0, 0.05) is 0 Å². The molecule has 0 fully saturated rings. The minimum Gasteiger partial charge on any atom is -0.0803 e. The zero-order chi connectivity index (χ0) is 10.5. The quantitative estimate of drug-likeness (QED) is 0.608. The second kappa shape index (κ2) is 2.98. The maximum atomic E-state index is 2.46. The average molecular weight is 206 g/mol. The van der Waals surface area contributed by atoms with E-state index in [4.69, 9.17) is 0 Å². The first kappa shape index (κ1) is 8.58. The summed E-state index contributed by atoms with van der Waals surface area (Å²) in [6.45, 7) is 0. The van der Waals surface area contributed by atoms with Crippen LogP contribution < -0.4 is 0 Å². The van der Waals surface area contributed by atoms with Gasteiger partial charge in [0.15, 0.2) is 0 Å². The molecule has 0 heterocycles. The molecular formula is C16H14. The molecule has 4 rings (SSSR count). The Kier molecular flexibility index (Phi) is 1.59. The first-order chi connectivity index (χ1) is 7.93. The molecule has 2 aromatic carbocycles. The van der Waals surface area contributed by atoms with Gasteiger partial charge in [-0.3, -0.25) is 0 Å². The van der Waals surface area contributed by atoms with Crippen molar-refractivity contribution >= 4 is 16.3 Å². The predicted octanol–water partition coefficient (Wildman–Crippen LogP) is 4.12. The monoisotopic (exact) mass is 206 g/mol. The molecule has 0 heteroatoms. The second-order valence-corrected chi connectivity index (χ2v) is 4.88. The Balaban J connectivity index is 2.24. The van der Waals surface area contributed by atoms with E-state index >= 15 is 0 Å². The molecule has 16 heavy (non-hydrogen) atoms. The highest BCUT2D eigenvalue weighted by Gasteiger charge is 2.21. The topological polar surface area (TPSA) is 0 Å². The molecule has 0 N–H and O–H groups in total. The van der Waals surface area contributed by atoms with Gasteiger partial charge in [-0.1, -0.05) is 36.4 Å². The molecule has 0 unspecified atom stereocenters. The van der Waals surface area contributed by atoms with Gasteiger partial charge in [-0.2, -0.15) is 0 Å². The highest BCUT2D eigenvalue weighted by Crippen LogP contribution is 2.40. The van der Waals surface area contributed by atoms with Crippen LogP contribution in [0.15, 0.2) is 36.4 Å². The van der Waals surface area contributed by atoms with Gasteiger partial charge in [-0.25, -0.2) is 0 Å². The molecule has 0 amide bonds. The molecule has 0 bridgehead atoms. The normalized spacial score (nSPS) is 17.4. The standard InChI is InChI=1S/C16H14/c1-3-11-7-9-13-5-2-6-14-10-8-12(4-1)15(11)16(13)14/h1,3-5,8,10H,2,6-7,9H2. The van der Waals surface area contributed by atoms with E-state index in [9.17, 15) is 0 Å². The van der Waals surface area contributed by atoms with Crippen LogP contribution in [0.5, 0.6) is 0 Å². The summed E-state index contributed by atoms with van der Waals surface area (Å²) in [5, 5.41) is 2.96. The molecule has 0 saturated heterocycles. The van der Waals surface area contributed by atoms with E-state index in [0.717, 1.165) is 0 Å². The Morgan fingerprint density at radius 2 is 1.81 bits per heavy atom. The lowest BCUT2D eigenvalue weighted by atomic mass is 9.79. The largest absolute Gasteiger partial charge is 0.0803 e. The number of allylic oxidation sites excluding steroid dienone is 2. The van der Waals surface area contributed by atoms with Gasteiger partial charge in [-0.05, 0) is 58.7 Å². The summed E-state index contributed by atoms with van der Waals surface area (Å²) in [4.78, 5) is 0. The highest BCUT2D eigenvalue weighted by molar-refractivity contribution is 5.99. The van der Waals surface area contributed by atoms with E-state index in [-0.39, 0.29) is 0 Å². The molecule has 78 valence electrons. The fraction of sp³-hybridized carbons (Fsp3) is 0.250. The third kappa shape index (κ3) is 0.996. The molecule has 0 radical (unpaired) electrons. The number of benzene rings is 2. The van der Waals surface area contributed by atoms with Gasteiger partial charge in [0.1, 0.15) is 0 Å². The van der Waals surface area contributed by atoms with Gasteiger partial charge >= 0.3 is 0 Å². The van der Waals surface area contributed by atoms with Crippen molar-refractivity contribution in [3.05, 3.63) is 53.1 Å². The van der Waals surface area contributed by atoms with Crippen LogP contribution in [0.1, 0.15) is 29.5 Å². The van der Waals surface area contributed by atoms with E-state index in [2.05, 4.69) is 36.4 Å². The number of rotatable bonds is 0. The van der Waals surface area contributed by atoms with Gasteiger partial charge < -0.3 is 0 Å². The first-order valence-corrected chi connectivity index (χ1v) is 6.16. The summed E-state index contributed by atoms with van der Waals surface area (Å²) >= 11 is 0. The van der Waals surface area contributed by atoms with E-state index in [1.807, 2.05) is 0 Å². The first-order valence-electron chi connectivity index (χ1n) is 6.16. The summed E-state index contributed by atoms with van der Waals surface area (Å²) in [6.07, 6.45) is 7.37. The van der Waals surface area contributed by atoms with E-state index < -0.39 is 0 Å². The smallest absolute Gasteiger partial charge is 0.00738 e. The van der Waals surface area contributed by atoms with E-state index in [1.54, 1.807) is 22.3 Å². The maximum absolute atomic E-state index is 2.46. The van der Waals surface area contributed by atoms with Crippen molar-refractivity contribution in [2.24, 2.45) is 0 Å². The Morgan fingerprint density at radius 1 is 0.812 bits per heavy atom. The molecule has 0 aliphatic heterocycles. The second-order valence-electron chi connectivity index (χ2n) is 4.88. The summed E-state index contributed by atoms with van der Waals surface area (Å²) in [5.41, 5.74) is 6.29. The van der Waals surface area contributed by atoms with Crippen LogP contribution in [-0.2, 0) is 12.8 Å². The lowest BCUT2D eigenvalue weighted by molar-refractivity contribution is 0.928. The van der Waals surface area contributed by atoms with Crippen LogP contribution in [0.4, 0.5) is 0 Å². The Labute approximate surface area is 95.6 Å². The maximum Gasteiger partial charge on any atom is -0.00738 e. The third-order valence-electron chi connectivity index (χ3n) is 4.01. The Bertz CT molecular complexity index is 617. The summed E-state index contributed by atoms with van der Waals surface area (Å²) < 4.78 is 0. The molecule has 0 saturated carbocycles. The van der Waals surface area contributed by atoms with Crippen LogP contribution >= 0.6 is 0 Å². The molecular weight excluding hydrogens is 192 g/mol. The fourth-order valence-electron chi connectivity index (χ4n) is 3.28. The molecule has 0 atom stereocenters. The van der Waals surface area contributed by atoms with Crippen molar-refractivity contribution in [2.75, 3.05) is 0 Å². The summed E-state index contributed by atoms with van der Waals surface area (Å²) in [5.74, 6) is 0. The molecule has 2 aliphatic rings. The van der Waals surface area contributed by atoms with Crippen molar-refractivity contribution in [2.45, 2.75) is 25.7 Å². The van der Waals surface area contributed by atoms with Gasteiger partial charge in [0.25, 0.3) is 0 Å². The summed E-state index contributed by atoms with van der Waals surface area (Å²) in [7, 11) is 0.